The molecule has 0 fully saturated rings. The van der Waals surface area contributed by atoms with Gasteiger partial charge >= 0.3 is 0 Å². The molecule has 6 nitrogen and oxygen atoms in total. The van der Waals surface area contributed by atoms with E-state index in [-0.39, 0.29) is 12.3 Å². The molecule has 1 heterocycles. The van der Waals surface area contributed by atoms with Gasteiger partial charge in [0.2, 0.25) is 0 Å². The minimum atomic E-state index is -0.439. The Labute approximate surface area is 109 Å². The van der Waals surface area contributed by atoms with Crippen LogP contribution in [0.25, 0.3) is 11.3 Å². The molecule has 0 aliphatic heterocycles. The maximum atomic E-state index is 10.7. The van der Waals surface area contributed by atoms with Crippen LogP contribution in [0.5, 0.6) is 0 Å². The van der Waals surface area contributed by atoms with Crippen LogP contribution in [0.15, 0.2) is 34.9 Å². The average molecular weight is 262 g/mol. The fourth-order valence-electron chi connectivity index (χ4n) is 1.76. The second kappa shape index (κ2) is 6.10. The summed E-state index contributed by atoms with van der Waals surface area (Å²) in [5, 5.41) is 23.3. The van der Waals surface area contributed by atoms with Crippen LogP contribution in [0.2, 0.25) is 0 Å². The maximum Gasteiger partial charge on any atom is 0.270 e. The number of aliphatic hydroxyl groups is 1. The van der Waals surface area contributed by atoms with Crippen molar-refractivity contribution in [1.29, 1.82) is 0 Å². The molecule has 0 aliphatic rings. The van der Waals surface area contributed by atoms with Crippen molar-refractivity contribution in [2.45, 2.75) is 19.3 Å². The number of hydrogen-bond donors (Lipinski definition) is 1. The SMILES string of the molecule is O=[N+]([O-])c1cccc(-c2cc(CCCCO)on2)c1. The lowest BCUT2D eigenvalue weighted by Crippen LogP contribution is -1.88. The summed E-state index contributed by atoms with van der Waals surface area (Å²) in [6, 6.07) is 8.05. The van der Waals surface area contributed by atoms with Crippen LogP contribution in [0, 0.1) is 10.1 Å². The van der Waals surface area contributed by atoms with Gasteiger partial charge in [0.05, 0.1) is 4.92 Å². The van der Waals surface area contributed by atoms with E-state index < -0.39 is 4.92 Å². The molecule has 0 bridgehead atoms. The molecule has 100 valence electrons. The Morgan fingerprint density at radius 3 is 2.89 bits per heavy atom. The van der Waals surface area contributed by atoms with E-state index in [1.54, 1.807) is 18.2 Å². The Kier molecular flexibility index (Phi) is 4.25. The molecule has 0 unspecified atom stereocenters. The number of aromatic nitrogens is 1. The predicted molar refractivity (Wildman–Crippen MR) is 68.6 cm³/mol. The predicted octanol–water partition coefficient (Wildman–Crippen LogP) is 2.56. The highest BCUT2D eigenvalue weighted by atomic mass is 16.6. The highest BCUT2D eigenvalue weighted by Gasteiger charge is 2.10. The van der Waals surface area contributed by atoms with Gasteiger partial charge in [0, 0.05) is 36.8 Å². The van der Waals surface area contributed by atoms with E-state index in [2.05, 4.69) is 5.16 Å². The number of unbranched alkanes of at least 4 members (excludes halogenated alkanes) is 1. The molecule has 0 saturated heterocycles. The minimum Gasteiger partial charge on any atom is -0.396 e. The third kappa shape index (κ3) is 3.38. The van der Waals surface area contributed by atoms with Crippen molar-refractivity contribution in [3.8, 4) is 11.3 Å². The van der Waals surface area contributed by atoms with Gasteiger partial charge in [-0.1, -0.05) is 17.3 Å². The molecule has 2 rings (SSSR count). The Morgan fingerprint density at radius 2 is 2.16 bits per heavy atom. The molecule has 19 heavy (non-hydrogen) atoms. The van der Waals surface area contributed by atoms with Crippen molar-refractivity contribution in [1.82, 2.24) is 5.16 Å². The summed E-state index contributed by atoms with van der Waals surface area (Å²) in [7, 11) is 0. The normalized spacial score (nSPS) is 10.6. The molecule has 0 atom stereocenters. The van der Waals surface area contributed by atoms with Crippen molar-refractivity contribution in [2.75, 3.05) is 6.61 Å². The van der Waals surface area contributed by atoms with E-state index in [0.717, 1.165) is 12.2 Å². The van der Waals surface area contributed by atoms with Gasteiger partial charge in [-0.25, -0.2) is 0 Å². The molecule has 0 saturated carbocycles. The summed E-state index contributed by atoms with van der Waals surface area (Å²) >= 11 is 0. The number of benzene rings is 1. The summed E-state index contributed by atoms with van der Waals surface area (Å²) in [6.45, 7) is 0.159. The standard InChI is InChI=1S/C13H14N2O4/c16-7-2-1-6-12-9-13(14-19-12)10-4-3-5-11(8-10)15(17)18/h3-5,8-9,16H,1-2,6-7H2. The average Bonchev–Trinajstić information content (AvgIpc) is 2.88. The molecule has 2 aromatic rings. The number of non-ortho nitro benzene ring substituents is 1. The molecule has 0 radical (unpaired) electrons. The lowest BCUT2D eigenvalue weighted by molar-refractivity contribution is -0.384. The first-order valence-electron chi connectivity index (χ1n) is 6.02. The maximum absolute atomic E-state index is 10.7. The third-order valence-corrected chi connectivity index (χ3v) is 2.74. The number of nitro benzene ring substituents is 1. The monoisotopic (exact) mass is 262 g/mol. The smallest absolute Gasteiger partial charge is 0.270 e. The molecular weight excluding hydrogens is 248 g/mol. The minimum absolute atomic E-state index is 0.0299. The van der Waals surface area contributed by atoms with Crippen molar-refractivity contribution >= 4 is 5.69 Å². The van der Waals surface area contributed by atoms with Gasteiger partial charge in [-0.3, -0.25) is 10.1 Å². The van der Waals surface area contributed by atoms with E-state index in [0.29, 0.717) is 24.1 Å². The first-order valence-corrected chi connectivity index (χ1v) is 6.02. The van der Waals surface area contributed by atoms with Crippen LogP contribution < -0.4 is 0 Å². The van der Waals surface area contributed by atoms with Crippen LogP contribution in [0.4, 0.5) is 5.69 Å². The van der Waals surface area contributed by atoms with E-state index in [1.165, 1.54) is 12.1 Å². The van der Waals surface area contributed by atoms with Gasteiger partial charge in [0.15, 0.2) is 0 Å². The van der Waals surface area contributed by atoms with Crippen molar-refractivity contribution in [3.05, 3.63) is 46.2 Å². The summed E-state index contributed by atoms with van der Waals surface area (Å²) in [5.41, 5.74) is 1.27. The number of hydrogen-bond acceptors (Lipinski definition) is 5. The van der Waals surface area contributed by atoms with Crippen LogP contribution in [0.3, 0.4) is 0 Å². The quantitative estimate of drug-likeness (QED) is 0.491. The second-order valence-electron chi connectivity index (χ2n) is 4.17. The zero-order chi connectivity index (χ0) is 13.7. The van der Waals surface area contributed by atoms with Crippen LogP contribution in [0.1, 0.15) is 18.6 Å². The highest BCUT2D eigenvalue weighted by molar-refractivity contribution is 5.62. The van der Waals surface area contributed by atoms with E-state index in [9.17, 15) is 10.1 Å². The molecule has 0 spiro atoms. The van der Waals surface area contributed by atoms with Gasteiger partial charge in [0.25, 0.3) is 5.69 Å². The molecule has 6 heteroatoms. The van der Waals surface area contributed by atoms with Crippen molar-refractivity contribution < 1.29 is 14.6 Å². The lowest BCUT2D eigenvalue weighted by atomic mass is 10.1. The fraction of sp³-hybridized carbons (Fsp3) is 0.308. The number of nitrogens with zero attached hydrogens (tertiary/aromatic N) is 2. The lowest BCUT2D eigenvalue weighted by Gasteiger charge is -1.95. The van der Waals surface area contributed by atoms with E-state index >= 15 is 0 Å². The van der Waals surface area contributed by atoms with E-state index in [4.69, 9.17) is 9.63 Å². The summed E-state index contributed by atoms with van der Waals surface area (Å²) < 4.78 is 5.16. The van der Waals surface area contributed by atoms with Crippen molar-refractivity contribution in [2.24, 2.45) is 0 Å². The Hall–Kier alpha value is -2.21. The Morgan fingerprint density at radius 1 is 1.32 bits per heavy atom. The molecule has 1 N–H and O–H groups in total. The topological polar surface area (TPSA) is 89.4 Å². The highest BCUT2D eigenvalue weighted by Crippen LogP contribution is 2.23. The molecule has 0 aliphatic carbocycles. The summed E-state index contributed by atoms with van der Waals surface area (Å²) in [5.74, 6) is 0.718. The summed E-state index contributed by atoms with van der Waals surface area (Å²) in [4.78, 5) is 10.3. The largest absolute Gasteiger partial charge is 0.396 e. The molecular formula is C13H14N2O4. The number of nitro groups is 1. The zero-order valence-electron chi connectivity index (χ0n) is 10.3. The van der Waals surface area contributed by atoms with Crippen LogP contribution in [-0.4, -0.2) is 21.8 Å². The number of rotatable bonds is 6. The molecule has 1 aromatic carbocycles. The van der Waals surface area contributed by atoms with Gasteiger partial charge in [0.1, 0.15) is 11.5 Å². The first kappa shape index (κ1) is 13.2. The Balaban J connectivity index is 2.13. The molecule has 0 amide bonds. The van der Waals surface area contributed by atoms with Crippen LogP contribution >= 0.6 is 0 Å². The first-order chi connectivity index (χ1) is 9.20. The number of aryl methyl sites for hydroxylation is 1. The van der Waals surface area contributed by atoms with Gasteiger partial charge in [-0.05, 0) is 12.8 Å². The fourth-order valence-corrected chi connectivity index (χ4v) is 1.76. The summed E-state index contributed by atoms with van der Waals surface area (Å²) in [6.07, 6.45) is 2.23. The van der Waals surface area contributed by atoms with Gasteiger partial charge < -0.3 is 9.63 Å². The molecule has 1 aromatic heterocycles. The van der Waals surface area contributed by atoms with Gasteiger partial charge in [-0.2, -0.15) is 0 Å². The third-order valence-electron chi connectivity index (χ3n) is 2.74. The van der Waals surface area contributed by atoms with E-state index in [1.807, 2.05) is 0 Å². The number of aliphatic hydroxyl groups excluding tert-OH is 1. The van der Waals surface area contributed by atoms with Crippen molar-refractivity contribution in [3.63, 3.8) is 0 Å². The second-order valence-corrected chi connectivity index (χ2v) is 4.17. The zero-order valence-corrected chi connectivity index (χ0v) is 10.3. The van der Waals surface area contributed by atoms with Gasteiger partial charge in [-0.15, -0.1) is 0 Å². The Bertz CT molecular complexity index is 565. The van der Waals surface area contributed by atoms with Crippen LogP contribution in [-0.2, 0) is 6.42 Å².